The Labute approximate surface area is 173 Å². The second kappa shape index (κ2) is 8.54. The summed E-state index contributed by atoms with van der Waals surface area (Å²) in [6.07, 6.45) is 1.45. The number of amides is 1. The van der Waals surface area contributed by atoms with Crippen molar-refractivity contribution in [3.8, 4) is 0 Å². The molecule has 3 rings (SSSR count). The van der Waals surface area contributed by atoms with Crippen LogP contribution in [0.1, 0.15) is 36.7 Å². The summed E-state index contributed by atoms with van der Waals surface area (Å²) in [4.78, 5) is 22.6. The SMILES string of the molecule is CC(C)n1ncc2cc(S(=O)(=O)Nc3ccc(C(=O)NCCC(=O)O)cc3)ccc21. The number of carbonyl (C=O) groups excluding carboxylic acids is 1. The molecule has 0 aliphatic heterocycles. The molecule has 0 atom stereocenters. The average molecular weight is 430 g/mol. The summed E-state index contributed by atoms with van der Waals surface area (Å²) < 4.78 is 29.8. The van der Waals surface area contributed by atoms with Crippen molar-refractivity contribution in [2.24, 2.45) is 0 Å². The number of carboxylic acids is 1. The first-order valence-corrected chi connectivity index (χ1v) is 10.8. The predicted octanol–water partition coefficient (Wildman–Crippen LogP) is 2.62. The van der Waals surface area contributed by atoms with Gasteiger partial charge < -0.3 is 10.4 Å². The van der Waals surface area contributed by atoms with E-state index in [-0.39, 0.29) is 23.9 Å². The second-order valence-corrected chi connectivity index (χ2v) is 8.67. The van der Waals surface area contributed by atoms with Crippen LogP contribution in [-0.4, -0.2) is 41.7 Å². The summed E-state index contributed by atoms with van der Waals surface area (Å²) in [6.45, 7) is 4.00. The number of benzene rings is 2. The molecule has 158 valence electrons. The zero-order valence-corrected chi connectivity index (χ0v) is 17.3. The maximum atomic E-state index is 12.7. The number of aliphatic carboxylic acids is 1. The van der Waals surface area contributed by atoms with E-state index in [4.69, 9.17) is 5.11 Å². The van der Waals surface area contributed by atoms with E-state index in [0.29, 0.717) is 11.3 Å². The molecule has 0 unspecified atom stereocenters. The molecule has 10 heteroatoms. The van der Waals surface area contributed by atoms with Crippen molar-refractivity contribution < 1.29 is 23.1 Å². The van der Waals surface area contributed by atoms with Gasteiger partial charge in [-0.3, -0.25) is 19.0 Å². The van der Waals surface area contributed by atoms with Crippen LogP contribution >= 0.6 is 0 Å². The van der Waals surface area contributed by atoms with Crippen LogP contribution in [0.4, 0.5) is 5.69 Å². The molecule has 2 aromatic carbocycles. The van der Waals surface area contributed by atoms with Crippen molar-refractivity contribution in [3.05, 3.63) is 54.2 Å². The molecule has 0 saturated carbocycles. The molecule has 1 aromatic heterocycles. The molecule has 0 aliphatic carbocycles. The largest absolute Gasteiger partial charge is 0.481 e. The molecule has 0 fully saturated rings. The van der Waals surface area contributed by atoms with Gasteiger partial charge in [0.2, 0.25) is 0 Å². The minimum atomic E-state index is -3.83. The molecule has 0 saturated heterocycles. The molecule has 3 N–H and O–H groups in total. The molecule has 1 heterocycles. The van der Waals surface area contributed by atoms with Gasteiger partial charge in [0.05, 0.1) is 23.0 Å². The van der Waals surface area contributed by atoms with Crippen LogP contribution < -0.4 is 10.0 Å². The van der Waals surface area contributed by atoms with Crippen LogP contribution in [0.5, 0.6) is 0 Å². The van der Waals surface area contributed by atoms with Gasteiger partial charge in [-0.25, -0.2) is 8.42 Å². The summed E-state index contributed by atoms with van der Waals surface area (Å²) >= 11 is 0. The quantitative estimate of drug-likeness (QED) is 0.504. The number of sulfonamides is 1. The fraction of sp³-hybridized carbons (Fsp3) is 0.250. The summed E-state index contributed by atoms with van der Waals surface area (Å²) in [6, 6.07) is 10.8. The third-order valence-corrected chi connectivity index (χ3v) is 5.77. The van der Waals surface area contributed by atoms with Crippen LogP contribution in [0.15, 0.2) is 53.6 Å². The van der Waals surface area contributed by atoms with E-state index in [1.54, 1.807) is 18.3 Å². The highest BCUT2D eigenvalue weighted by Gasteiger charge is 2.17. The maximum Gasteiger partial charge on any atom is 0.305 e. The average Bonchev–Trinajstić information content (AvgIpc) is 3.11. The summed E-state index contributed by atoms with van der Waals surface area (Å²) in [5.41, 5.74) is 1.45. The number of anilines is 1. The first-order chi connectivity index (χ1) is 14.2. The van der Waals surface area contributed by atoms with Gasteiger partial charge in [-0.2, -0.15) is 5.10 Å². The molecule has 0 bridgehead atoms. The Kier molecular flexibility index (Phi) is 6.06. The van der Waals surface area contributed by atoms with Gasteiger partial charge in [0.15, 0.2) is 0 Å². The molecule has 1 amide bonds. The van der Waals surface area contributed by atoms with Gasteiger partial charge in [-0.05, 0) is 56.3 Å². The first-order valence-electron chi connectivity index (χ1n) is 9.27. The standard InChI is InChI=1S/C20H22N4O5S/c1-13(2)24-18-8-7-17(11-15(18)12-22-24)30(28,29)23-16-5-3-14(4-6-16)20(27)21-10-9-19(25)26/h3-8,11-13,23H,9-10H2,1-2H3,(H,21,27)(H,25,26). The Morgan fingerprint density at radius 3 is 2.47 bits per heavy atom. The lowest BCUT2D eigenvalue weighted by atomic mass is 10.2. The van der Waals surface area contributed by atoms with Gasteiger partial charge in [0, 0.05) is 29.2 Å². The third kappa shape index (κ3) is 4.77. The van der Waals surface area contributed by atoms with Crippen molar-refractivity contribution >= 4 is 38.5 Å². The zero-order valence-electron chi connectivity index (χ0n) is 16.5. The lowest BCUT2D eigenvalue weighted by Gasteiger charge is -2.10. The Morgan fingerprint density at radius 1 is 1.13 bits per heavy atom. The van der Waals surface area contributed by atoms with Gasteiger partial charge in [-0.15, -0.1) is 0 Å². The fourth-order valence-electron chi connectivity index (χ4n) is 2.90. The van der Waals surface area contributed by atoms with Crippen LogP contribution in [0.3, 0.4) is 0 Å². The number of aromatic nitrogens is 2. The molecule has 30 heavy (non-hydrogen) atoms. The number of hydrogen-bond acceptors (Lipinski definition) is 5. The van der Waals surface area contributed by atoms with Gasteiger partial charge in [-0.1, -0.05) is 0 Å². The molecule has 0 aliphatic rings. The van der Waals surface area contributed by atoms with Crippen LogP contribution in [0, 0.1) is 0 Å². The van der Waals surface area contributed by atoms with Gasteiger partial charge >= 0.3 is 5.97 Å². The van der Waals surface area contributed by atoms with Crippen LogP contribution in [-0.2, 0) is 14.8 Å². The van der Waals surface area contributed by atoms with Crippen molar-refractivity contribution in [2.75, 3.05) is 11.3 Å². The fourth-order valence-corrected chi connectivity index (χ4v) is 3.99. The van der Waals surface area contributed by atoms with E-state index in [2.05, 4.69) is 15.1 Å². The molecule has 3 aromatic rings. The molecular formula is C20H22N4O5S. The first kappa shape index (κ1) is 21.3. The zero-order chi connectivity index (χ0) is 21.9. The van der Waals surface area contributed by atoms with Crippen LogP contribution in [0.2, 0.25) is 0 Å². The van der Waals surface area contributed by atoms with Gasteiger partial charge in [0.25, 0.3) is 15.9 Å². The second-order valence-electron chi connectivity index (χ2n) is 6.99. The van der Waals surface area contributed by atoms with Crippen molar-refractivity contribution in [1.82, 2.24) is 15.1 Å². The normalized spacial score (nSPS) is 11.6. The van der Waals surface area contributed by atoms with Crippen molar-refractivity contribution in [1.29, 1.82) is 0 Å². The highest BCUT2D eigenvalue weighted by atomic mass is 32.2. The van der Waals surface area contributed by atoms with E-state index in [1.165, 1.54) is 30.3 Å². The Bertz CT molecular complexity index is 1180. The van der Waals surface area contributed by atoms with E-state index in [0.717, 1.165) is 10.9 Å². The summed E-state index contributed by atoms with van der Waals surface area (Å²) in [5, 5.41) is 16.1. The smallest absolute Gasteiger partial charge is 0.305 e. The molecule has 0 spiro atoms. The van der Waals surface area contributed by atoms with Crippen molar-refractivity contribution in [2.45, 2.75) is 31.2 Å². The minimum absolute atomic E-state index is 0.0123. The monoisotopic (exact) mass is 430 g/mol. The number of nitrogens with zero attached hydrogens (tertiary/aromatic N) is 2. The lowest BCUT2D eigenvalue weighted by molar-refractivity contribution is -0.136. The number of carbonyl (C=O) groups is 2. The van der Waals surface area contributed by atoms with Crippen LogP contribution in [0.25, 0.3) is 10.9 Å². The van der Waals surface area contributed by atoms with E-state index in [1.807, 2.05) is 18.5 Å². The Balaban J connectivity index is 1.73. The highest BCUT2D eigenvalue weighted by molar-refractivity contribution is 7.92. The number of nitrogens with one attached hydrogen (secondary N) is 2. The molecular weight excluding hydrogens is 408 g/mol. The molecule has 0 radical (unpaired) electrons. The number of fused-ring (bicyclic) bond motifs is 1. The van der Waals surface area contributed by atoms with Crippen molar-refractivity contribution in [3.63, 3.8) is 0 Å². The molecule has 9 nitrogen and oxygen atoms in total. The van der Waals surface area contributed by atoms with E-state index < -0.39 is 21.9 Å². The minimum Gasteiger partial charge on any atom is -0.481 e. The topological polar surface area (TPSA) is 130 Å². The highest BCUT2D eigenvalue weighted by Crippen LogP contribution is 2.23. The van der Waals surface area contributed by atoms with E-state index >= 15 is 0 Å². The Hall–Kier alpha value is -3.40. The predicted molar refractivity (Wildman–Crippen MR) is 112 cm³/mol. The summed E-state index contributed by atoms with van der Waals surface area (Å²) in [5.74, 6) is -1.44. The van der Waals surface area contributed by atoms with Gasteiger partial charge in [0.1, 0.15) is 0 Å². The number of hydrogen-bond donors (Lipinski definition) is 3. The number of carboxylic acid groups (broad SMARTS) is 1. The third-order valence-electron chi connectivity index (χ3n) is 4.39. The lowest BCUT2D eigenvalue weighted by Crippen LogP contribution is -2.25. The number of rotatable bonds is 8. The maximum absolute atomic E-state index is 12.7. The summed E-state index contributed by atoms with van der Waals surface area (Å²) in [7, 11) is -3.83. The van der Waals surface area contributed by atoms with E-state index in [9.17, 15) is 18.0 Å². The Morgan fingerprint density at radius 2 is 1.83 bits per heavy atom.